The molecule has 8 nitrogen and oxygen atoms in total. The molecule has 0 aliphatic carbocycles. The smallest absolute Gasteiger partial charge is 0.343 e. The second-order valence-electron chi connectivity index (χ2n) is 5.96. The van der Waals surface area contributed by atoms with Gasteiger partial charge < -0.3 is 14.8 Å². The number of amides is 1. The Kier molecular flexibility index (Phi) is 7.52. The van der Waals surface area contributed by atoms with Gasteiger partial charge >= 0.3 is 5.97 Å². The highest BCUT2D eigenvalue weighted by atomic mass is 32.2. The van der Waals surface area contributed by atoms with Crippen LogP contribution in [0.5, 0.6) is 5.75 Å². The zero-order chi connectivity index (χ0) is 21.4. The molecule has 0 spiro atoms. The minimum atomic E-state index is -3.74. The van der Waals surface area contributed by atoms with Gasteiger partial charge in [0.1, 0.15) is 5.75 Å². The fourth-order valence-electron chi connectivity index (χ4n) is 2.32. The average Bonchev–Trinajstić information content (AvgIpc) is 2.72. The molecule has 9 heteroatoms. The largest absolute Gasteiger partial charge is 0.482 e. The highest BCUT2D eigenvalue weighted by Gasteiger charge is 2.16. The van der Waals surface area contributed by atoms with Crippen molar-refractivity contribution in [3.05, 3.63) is 66.2 Å². The predicted molar refractivity (Wildman–Crippen MR) is 108 cm³/mol. The number of sulfonamides is 1. The van der Waals surface area contributed by atoms with E-state index in [9.17, 15) is 18.0 Å². The Morgan fingerprint density at radius 2 is 1.93 bits per heavy atom. The fraction of sp³-hybridized carbons (Fsp3) is 0.200. The van der Waals surface area contributed by atoms with Crippen LogP contribution >= 0.6 is 0 Å². The molecular formula is C20H22N2O6S. The number of anilines is 1. The highest BCUT2D eigenvalue weighted by Crippen LogP contribution is 2.22. The van der Waals surface area contributed by atoms with Crippen molar-refractivity contribution in [1.29, 1.82) is 0 Å². The van der Waals surface area contributed by atoms with Crippen LogP contribution < -0.4 is 14.8 Å². The molecule has 0 aliphatic rings. The van der Waals surface area contributed by atoms with E-state index in [0.717, 1.165) is 0 Å². The second-order valence-corrected chi connectivity index (χ2v) is 7.73. The van der Waals surface area contributed by atoms with Crippen LogP contribution in [0.4, 0.5) is 5.69 Å². The van der Waals surface area contributed by atoms with Crippen LogP contribution in [0.2, 0.25) is 0 Å². The molecule has 1 amide bonds. The number of rotatable bonds is 9. The summed E-state index contributed by atoms with van der Waals surface area (Å²) in [5.74, 6) is -0.512. The van der Waals surface area contributed by atoms with E-state index >= 15 is 0 Å². The van der Waals surface area contributed by atoms with Crippen molar-refractivity contribution < 1.29 is 27.5 Å². The normalized spacial score (nSPS) is 10.8. The van der Waals surface area contributed by atoms with Gasteiger partial charge in [-0.05, 0) is 48.9 Å². The third kappa shape index (κ3) is 6.16. The van der Waals surface area contributed by atoms with E-state index in [-0.39, 0.29) is 23.6 Å². The summed E-state index contributed by atoms with van der Waals surface area (Å²) in [7, 11) is -2.47. The summed E-state index contributed by atoms with van der Waals surface area (Å²) in [5.41, 5.74) is 1.42. The van der Waals surface area contributed by atoms with Gasteiger partial charge in [-0.25, -0.2) is 17.9 Å². The molecule has 0 heterocycles. The molecule has 0 bridgehead atoms. The molecule has 154 valence electrons. The predicted octanol–water partition coefficient (Wildman–Crippen LogP) is 2.26. The maximum absolute atomic E-state index is 12.6. The van der Waals surface area contributed by atoms with E-state index in [0.29, 0.717) is 17.0 Å². The summed E-state index contributed by atoms with van der Waals surface area (Å²) in [6, 6.07) is 10.6. The van der Waals surface area contributed by atoms with Crippen LogP contribution in [-0.4, -0.2) is 40.6 Å². The van der Waals surface area contributed by atoms with E-state index in [2.05, 4.69) is 21.4 Å². The number of aryl methyl sites for hydroxylation is 1. The number of hydrogen-bond acceptors (Lipinski definition) is 6. The lowest BCUT2D eigenvalue weighted by atomic mass is 10.1. The Morgan fingerprint density at radius 1 is 1.17 bits per heavy atom. The van der Waals surface area contributed by atoms with Crippen LogP contribution in [0.3, 0.4) is 0 Å². The standard InChI is InChI=1S/C20H22N2O6S/c1-4-10-21-29(25,26)17-7-5-6-15(12-17)20(24)22-18-9-8-16(11-14(18)2)28-13-19(23)27-3/h4-9,11-12,21H,1,10,13H2,2-3H3,(H,22,24). The number of ether oxygens (including phenoxy) is 2. The number of esters is 1. The molecule has 0 saturated heterocycles. The number of carbonyl (C=O) groups excluding carboxylic acids is 2. The van der Waals surface area contributed by atoms with Crippen molar-refractivity contribution in [2.75, 3.05) is 25.6 Å². The molecule has 0 aromatic heterocycles. The van der Waals surface area contributed by atoms with Gasteiger partial charge in [0.2, 0.25) is 10.0 Å². The van der Waals surface area contributed by atoms with Gasteiger partial charge in [0.05, 0.1) is 12.0 Å². The van der Waals surface area contributed by atoms with Crippen molar-refractivity contribution in [2.45, 2.75) is 11.8 Å². The van der Waals surface area contributed by atoms with Crippen LogP contribution in [0, 0.1) is 6.92 Å². The van der Waals surface area contributed by atoms with E-state index in [4.69, 9.17) is 4.74 Å². The van der Waals surface area contributed by atoms with Crippen molar-refractivity contribution in [2.24, 2.45) is 0 Å². The van der Waals surface area contributed by atoms with Crippen LogP contribution in [0.1, 0.15) is 15.9 Å². The molecule has 29 heavy (non-hydrogen) atoms. The third-order valence-corrected chi connectivity index (χ3v) is 5.28. The van der Waals surface area contributed by atoms with Gasteiger partial charge in [-0.1, -0.05) is 12.1 Å². The summed E-state index contributed by atoms with van der Waals surface area (Å²) < 4.78 is 36.6. The second kappa shape index (κ2) is 9.85. The number of benzene rings is 2. The molecule has 2 aromatic carbocycles. The molecule has 0 fully saturated rings. The van der Waals surface area contributed by atoms with Crippen LogP contribution in [0.15, 0.2) is 60.0 Å². The van der Waals surface area contributed by atoms with Gasteiger partial charge in [0.25, 0.3) is 5.91 Å². The summed E-state index contributed by atoms with van der Waals surface area (Å²) in [5, 5.41) is 2.73. The molecule has 0 radical (unpaired) electrons. The summed E-state index contributed by atoms with van der Waals surface area (Å²) in [4.78, 5) is 23.7. The quantitative estimate of drug-likeness (QED) is 0.477. The lowest BCUT2D eigenvalue weighted by molar-refractivity contribution is -0.142. The number of nitrogens with one attached hydrogen (secondary N) is 2. The van der Waals surface area contributed by atoms with Gasteiger partial charge in [-0.15, -0.1) is 6.58 Å². The maximum Gasteiger partial charge on any atom is 0.343 e. The molecule has 2 N–H and O–H groups in total. The first-order valence-corrected chi connectivity index (χ1v) is 10.1. The first-order chi connectivity index (χ1) is 13.8. The zero-order valence-electron chi connectivity index (χ0n) is 16.1. The van der Waals surface area contributed by atoms with Gasteiger partial charge in [0, 0.05) is 17.8 Å². The molecule has 2 rings (SSSR count). The minimum absolute atomic E-state index is 0.0183. The van der Waals surface area contributed by atoms with Crippen LogP contribution in [-0.2, 0) is 19.6 Å². The Balaban J connectivity index is 2.13. The first kappa shape index (κ1) is 22.1. The van der Waals surface area contributed by atoms with E-state index in [1.807, 2.05) is 0 Å². The molecule has 2 aromatic rings. The van der Waals surface area contributed by atoms with Crippen molar-refractivity contribution in [1.82, 2.24) is 4.72 Å². The Labute approximate surface area is 169 Å². The maximum atomic E-state index is 12.6. The number of hydrogen-bond donors (Lipinski definition) is 2. The molecule has 0 atom stereocenters. The van der Waals surface area contributed by atoms with E-state index in [1.165, 1.54) is 37.5 Å². The molecule has 0 saturated carbocycles. The Hall–Kier alpha value is -3.17. The summed E-state index contributed by atoms with van der Waals surface area (Å²) in [6.45, 7) is 5.10. The van der Waals surface area contributed by atoms with Crippen molar-refractivity contribution in [3.63, 3.8) is 0 Å². The van der Waals surface area contributed by atoms with E-state index < -0.39 is 21.9 Å². The van der Waals surface area contributed by atoms with Gasteiger partial charge in [-0.3, -0.25) is 4.79 Å². The summed E-state index contributed by atoms with van der Waals surface area (Å²) in [6.07, 6.45) is 1.43. The van der Waals surface area contributed by atoms with Gasteiger partial charge in [-0.2, -0.15) is 0 Å². The zero-order valence-corrected chi connectivity index (χ0v) is 16.9. The fourth-order valence-corrected chi connectivity index (χ4v) is 3.36. The SMILES string of the molecule is C=CCNS(=O)(=O)c1cccc(C(=O)Nc2ccc(OCC(=O)OC)cc2C)c1. The summed E-state index contributed by atoms with van der Waals surface area (Å²) >= 11 is 0. The topological polar surface area (TPSA) is 111 Å². The highest BCUT2D eigenvalue weighted by molar-refractivity contribution is 7.89. The number of methoxy groups -OCH3 is 1. The van der Waals surface area contributed by atoms with Gasteiger partial charge in [0.15, 0.2) is 6.61 Å². The van der Waals surface area contributed by atoms with E-state index in [1.54, 1.807) is 25.1 Å². The Morgan fingerprint density at radius 3 is 2.59 bits per heavy atom. The number of carbonyl (C=O) groups is 2. The molecule has 0 unspecified atom stereocenters. The average molecular weight is 418 g/mol. The third-order valence-electron chi connectivity index (χ3n) is 3.85. The minimum Gasteiger partial charge on any atom is -0.482 e. The van der Waals surface area contributed by atoms with Crippen molar-refractivity contribution in [3.8, 4) is 5.75 Å². The molecular weight excluding hydrogens is 396 g/mol. The molecule has 0 aliphatic heterocycles. The van der Waals surface area contributed by atoms with Crippen molar-refractivity contribution >= 4 is 27.6 Å². The lowest BCUT2D eigenvalue weighted by Gasteiger charge is -2.12. The Bertz CT molecular complexity index is 1020. The monoisotopic (exact) mass is 418 g/mol. The first-order valence-electron chi connectivity index (χ1n) is 8.59. The lowest BCUT2D eigenvalue weighted by Crippen LogP contribution is -2.24. The van der Waals surface area contributed by atoms with Crippen LogP contribution in [0.25, 0.3) is 0 Å².